The summed E-state index contributed by atoms with van der Waals surface area (Å²) in [7, 11) is 0. The molecular formula is C12H15N3S. The number of H-pyrrole nitrogens is 1. The predicted octanol–water partition coefficient (Wildman–Crippen LogP) is 2.95. The Bertz CT molecular complexity index is 441. The number of aromatic amines is 1. The first kappa shape index (κ1) is 10.1. The summed E-state index contributed by atoms with van der Waals surface area (Å²) >= 11 is 1.73. The highest BCUT2D eigenvalue weighted by Crippen LogP contribution is 2.29. The Kier molecular flexibility index (Phi) is 2.76. The van der Waals surface area contributed by atoms with Gasteiger partial charge in [-0.2, -0.15) is 0 Å². The van der Waals surface area contributed by atoms with Crippen molar-refractivity contribution in [2.75, 3.05) is 6.54 Å². The van der Waals surface area contributed by atoms with Crippen molar-refractivity contribution in [3.63, 3.8) is 0 Å². The lowest BCUT2D eigenvalue weighted by Crippen LogP contribution is -2.26. The summed E-state index contributed by atoms with van der Waals surface area (Å²) in [4.78, 5) is 7.78. The topological polar surface area (TPSA) is 40.7 Å². The Morgan fingerprint density at radius 2 is 2.38 bits per heavy atom. The minimum Gasteiger partial charge on any atom is -0.367 e. The molecule has 0 bridgehead atoms. The van der Waals surface area contributed by atoms with Gasteiger partial charge in [0.05, 0.1) is 11.7 Å². The first-order valence-electron chi connectivity index (χ1n) is 5.75. The molecule has 2 aromatic heterocycles. The number of hydrogen-bond acceptors (Lipinski definition) is 3. The Morgan fingerprint density at radius 1 is 1.38 bits per heavy atom. The minimum atomic E-state index is 0.470. The van der Waals surface area contributed by atoms with Crippen molar-refractivity contribution in [3.8, 4) is 10.6 Å². The molecule has 2 N–H and O–H groups in total. The lowest BCUT2D eigenvalue weighted by Gasteiger charge is -2.21. The average molecular weight is 233 g/mol. The zero-order valence-electron chi connectivity index (χ0n) is 9.07. The van der Waals surface area contributed by atoms with Gasteiger partial charge in [0.25, 0.3) is 0 Å². The van der Waals surface area contributed by atoms with E-state index >= 15 is 0 Å². The minimum absolute atomic E-state index is 0.470. The molecule has 0 saturated carbocycles. The summed E-state index contributed by atoms with van der Waals surface area (Å²) in [5, 5.41) is 6.83. The molecule has 4 heteroatoms. The quantitative estimate of drug-likeness (QED) is 0.837. The molecule has 0 aromatic carbocycles. The molecule has 1 aliphatic rings. The number of rotatable bonds is 2. The van der Waals surface area contributed by atoms with Gasteiger partial charge >= 0.3 is 0 Å². The molecule has 0 aliphatic carbocycles. The van der Waals surface area contributed by atoms with Gasteiger partial charge in [0.15, 0.2) is 0 Å². The van der Waals surface area contributed by atoms with E-state index in [1.54, 1.807) is 11.3 Å². The van der Waals surface area contributed by atoms with Crippen LogP contribution in [0.2, 0.25) is 0 Å². The van der Waals surface area contributed by atoms with Crippen molar-refractivity contribution in [3.05, 3.63) is 29.5 Å². The van der Waals surface area contributed by atoms with E-state index in [4.69, 9.17) is 4.98 Å². The molecule has 3 rings (SSSR count). The van der Waals surface area contributed by atoms with E-state index in [0.29, 0.717) is 6.04 Å². The highest BCUT2D eigenvalue weighted by Gasteiger charge is 2.17. The zero-order chi connectivity index (χ0) is 10.8. The third-order valence-electron chi connectivity index (χ3n) is 3.03. The van der Waals surface area contributed by atoms with Crippen LogP contribution in [0.1, 0.15) is 31.0 Å². The number of aromatic nitrogens is 2. The summed E-state index contributed by atoms with van der Waals surface area (Å²) in [6, 6.07) is 2.54. The molecule has 16 heavy (non-hydrogen) atoms. The van der Waals surface area contributed by atoms with Crippen LogP contribution >= 0.6 is 11.3 Å². The van der Waals surface area contributed by atoms with E-state index < -0.39 is 0 Å². The molecule has 0 radical (unpaired) electrons. The lowest BCUT2D eigenvalue weighted by atomic mass is 10.0. The van der Waals surface area contributed by atoms with Crippen LogP contribution in [0, 0.1) is 0 Å². The summed E-state index contributed by atoms with van der Waals surface area (Å²) < 4.78 is 0. The molecule has 3 heterocycles. The molecule has 84 valence electrons. The highest BCUT2D eigenvalue weighted by atomic mass is 32.1. The van der Waals surface area contributed by atoms with Crippen molar-refractivity contribution in [1.29, 1.82) is 0 Å². The van der Waals surface area contributed by atoms with Crippen molar-refractivity contribution in [1.82, 2.24) is 15.3 Å². The second-order valence-electron chi connectivity index (χ2n) is 4.18. The molecule has 1 unspecified atom stereocenters. The second-order valence-corrected chi connectivity index (χ2v) is 5.04. The predicted molar refractivity (Wildman–Crippen MR) is 66.5 cm³/mol. The Labute approximate surface area is 98.9 Å². The van der Waals surface area contributed by atoms with Crippen molar-refractivity contribution in [2.45, 2.75) is 25.3 Å². The molecule has 0 amide bonds. The monoisotopic (exact) mass is 233 g/mol. The van der Waals surface area contributed by atoms with Crippen LogP contribution < -0.4 is 5.32 Å². The lowest BCUT2D eigenvalue weighted by molar-refractivity contribution is 0.407. The van der Waals surface area contributed by atoms with E-state index in [1.807, 2.05) is 12.4 Å². The van der Waals surface area contributed by atoms with E-state index in [2.05, 4.69) is 21.7 Å². The van der Waals surface area contributed by atoms with Crippen LogP contribution in [0.5, 0.6) is 0 Å². The fourth-order valence-corrected chi connectivity index (χ4v) is 3.01. The van der Waals surface area contributed by atoms with E-state index in [1.165, 1.54) is 30.5 Å². The van der Waals surface area contributed by atoms with Crippen molar-refractivity contribution in [2.24, 2.45) is 0 Å². The maximum absolute atomic E-state index is 4.71. The largest absolute Gasteiger partial charge is 0.367 e. The Hall–Kier alpha value is -1.13. The maximum atomic E-state index is 4.71. The first-order valence-corrected chi connectivity index (χ1v) is 6.63. The molecular weight excluding hydrogens is 218 g/mol. The number of thiazole rings is 1. The first-order chi connectivity index (χ1) is 7.93. The number of nitrogens with one attached hydrogen (secondary N) is 2. The van der Waals surface area contributed by atoms with Crippen LogP contribution in [-0.4, -0.2) is 16.5 Å². The highest BCUT2D eigenvalue weighted by molar-refractivity contribution is 7.13. The number of piperidine rings is 1. The van der Waals surface area contributed by atoms with Gasteiger partial charge in [-0.3, -0.25) is 0 Å². The van der Waals surface area contributed by atoms with Gasteiger partial charge in [0, 0.05) is 23.3 Å². The van der Waals surface area contributed by atoms with Gasteiger partial charge in [-0.05, 0) is 25.5 Å². The molecule has 1 aliphatic heterocycles. The fraction of sp³-hybridized carbons (Fsp3) is 0.417. The molecule has 1 fully saturated rings. The van der Waals surface area contributed by atoms with Gasteiger partial charge in [0.1, 0.15) is 5.01 Å². The normalized spacial score (nSPS) is 21.1. The number of hydrogen-bond donors (Lipinski definition) is 2. The molecule has 0 spiro atoms. The smallest absolute Gasteiger partial charge is 0.125 e. The van der Waals surface area contributed by atoms with Gasteiger partial charge in [-0.1, -0.05) is 6.42 Å². The standard InChI is InChI=1S/C12H15N3S/c1-2-5-14-10(3-1)11-8-16-12(15-11)9-4-6-13-7-9/h4,6-8,10,13-14H,1-3,5H2. The van der Waals surface area contributed by atoms with Crippen LogP contribution in [0.3, 0.4) is 0 Å². The van der Waals surface area contributed by atoms with Crippen LogP contribution in [0.25, 0.3) is 10.6 Å². The SMILES string of the molecule is c1cc(-c2nc(C3CCCCN3)cs2)c[nH]1. The van der Waals surface area contributed by atoms with E-state index in [0.717, 1.165) is 11.6 Å². The van der Waals surface area contributed by atoms with Gasteiger partial charge in [-0.25, -0.2) is 4.98 Å². The summed E-state index contributed by atoms with van der Waals surface area (Å²) in [6.07, 6.45) is 7.77. The summed E-state index contributed by atoms with van der Waals surface area (Å²) in [5.74, 6) is 0. The second kappa shape index (κ2) is 4.39. The summed E-state index contributed by atoms with van der Waals surface area (Å²) in [5.41, 5.74) is 2.40. The van der Waals surface area contributed by atoms with Gasteiger partial charge < -0.3 is 10.3 Å². The number of nitrogens with zero attached hydrogens (tertiary/aromatic N) is 1. The fourth-order valence-electron chi connectivity index (χ4n) is 2.14. The van der Waals surface area contributed by atoms with Crippen LogP contribution in [-0.2, 0) is 0 Å². The molecule has 2 aromatic rings. The Balaban J connectivity index is 1.82. The molecule has 3 nitrogen and oxygen atoms in total. The summed E-state index contributed by atoms with van der Waals surface area (Å²) in [6.45, 7) is 1.13. The third kappa shape index (κ3) is 1.90. The van der Waals surface area contributed by atoms with E-state index in [9.17, 15) is 0 Å². The maximum Gasteiger partial charge on any atom is 0.125 e. The average Bonchev–Trinajstić information content (AvgIpc) is 3.01. The van der Waals surface area contributed by atoms with E-state index in [-0.39, 0.29) is 0 Å². The van der Waals surface area contributed by atoms with Gasteiger partial charge in [0.2, 0.25) is 0 Å². The Morgan fingerprint density at radius 3 is 3.12 bits per heavy atom. The zero-order valence-corrected chi connectivity index (χ0v) is 9.89. The van der Waals surface area contributed by atoms with Crippen LogP contribution in [0.4, 0.5) is 0 Å². The third-order valence-corrected chi connectivity index (χ3v) is 3.94. The van der Waals surface area contributed by atoms with Gasteiger partial charge in [-0.15, -0.1) is 11.3 Å². The molecule has 1 saturated heterocycles. The van der Waals surface area contributed by atoms with Crippen LogP contribution in [0.15, 0.2) is 23.8 Å². The molecule has 1 atom stereocenters. The van der Waals surface area contributed by atoms with Crippen molar-refractivity contribution >= 4 is 11.3 Å². The van der Waals surface area contributed by atoms with Crippen molar-refractivity contribution < 1.29 is 0 Å².